The molecule has 3 heterocycles. The maximum Gasteiger partial charge on any atom is 0.309 e. The Bertz CT molecular complexity index is 2020. The molecule has 0 saturated heterocycles. The van der Waals surface area contributed by atoms with Gasteiger partial charge in [-0.3, -0.25) is 14.4 Å². The molecule has 11 heteroatoms. The number of amides is 2. The molecule has 9 nitrogen and oxygen atoms in total. The Morgan fingerprint density at radius 1 is 1.05 bits per heavy atom. The molecular weight excluding hydrogens is 556 g/mol. The highest BCUT2D eigenvalue weighted by Gasteiger charge is 2.27. The SMILES string of the molecule is Cc1cc(Oc2ccccc2F)ccc1-n1ncc(C(=O)c2cc3cc(F)c(N4C(=O)C#CCCCC4=O)cc3[nH]2)c1N. The minimum atomic E-state index is -0.812. The van der Waals surface area contributed by atoms with Crippen molar-refractivity contribution >= 4 is 40.0 Å². The van der Waals surface area contributed by atoms with Crippen molar-refractivity contribution in [1.29, 1.82) is 0 Å². The lowest BCUT2D eigenvalue weighted by molar-refractivity contribution is -0.124. The third-order valence-corrected chi connectivity index (χ3v) is 7.03. The van der Waals surface area contributed by atoms with Crippen molar-refractivity contribution in [3.63, 3.8) is 0 Å². The Balaban J connectivity index is 1.29. The zero-order chi connectivity index (χ0) is 30.2. The molecular formula is C32H23F2N5O4. The number of fused-ring (bicyclic) bond motifs is 1. The van der Waals surface area contributed by atoms with Crippen LogP contribution in [0, 0.1) is 30.4 Å². The van der Waals surface area contributed by atoms with Gasteiger partial charge < -0.3 is 15.5 Å². The van der Waals surface area contributed by atoms with Crippen LogP contribution < -0.4 is 15.4 Å². The average molecular weight is 580 g/mol. The van der Waals surface area contributed by atoms with Crippen molar-refractivity contribution in [2.45, 2.75) is 26.2 Å². The van der Waals surface area contributed by atoms with Gasteiger partial charge in [-0.2, -0.15) is 5.10 Å². The van der Waals surface area contributed by atoms with Crippen LogP contribution in [0.5, 0.6) is 11.5 Å². The highest BCUT2D eigenvalue weighted by atomic mass is 19.1. The number of H-pyrrole nitrogens is 1. The highest BCUT2D eigenvalue weighted by Crippen LogP contribution is 2.31. The lowest BCUT2D eigenvalue weighted by Crippen LogP contribution is -2.37. The number of nitrogens with zero attached hydrogens (tertiary/aromatic N) is 3. The van der Waals surface area contributed by atoms with Crippen molar-refractivity contribution in [1.82, 2.24) is 14.8 Å². The van der Waals surface area contributed by atoms with E-state index in [1.54, 1.807) is 37.3 Å². The molecule has 6 rings (SSSR count). The van der Waals surface area contributed by atoms with Gasteiger partial charge in [-0.15, -0.1) is 0 Å². The molecule has 214 valence electrons. The van der Waals surface area contributed by atoms with Crippen molar-refractivity contribution in [3.05, 3.63) is 95.3 Å². The van der Waals surface area contributed by atoms with Gasteiger partial charge in [0.25, 0.3) is 0 Å². The van der Waals surface area contributed by atoms with Gasteiger partial charge in [0.15, 0.2) is 11.6 Å². The molecule has 43 heavy (non-hydrogen) atoms. The maximum atomic E-state index is 15.1. The Hall–Kier alpha value is -5.76. The van der Waals surface area contributed by atoms with E-state index < -0.39 is 29.2 Å². The van der Waals surface area contributed by atoms with E-state index in [1.165, 1.54) is 35.1 Å². The molecule has 1 aliphatic rings. The van der Waals surface area contributed by atoms with Gasteiger partial charge in [0.1, 0.15) is 17.4 Å². The number of imide groups is 1. The zero-order valence-corrected chi connectivity index (χ0v) is 22.8. The van der Waals surface area contributed by atoms with E-state index in [1.807, 2.05) is 0 Å². The second-order valence-corrected chi connectivity index (χ2v) is 9.93. The summed E-state index contributed by atoms with van der Waals surface area (Å²) in [5, 5.41) is 4.66. The number of carbonyl (C=O) groups is 3. The third kappa shape index (κ3) is 5.10. The Kier molecular flexibility index (Phi) is 6.95. The first-order chi connectivity index (χ1) is 20.7. The number of halogens is 2. The molecule has 0 aliphatic carbocycles. The number of anilines is 2. The van der Waals surface area contributed by atoms with Gasteiger partial charge in [0.05, 0.1) is 28.8 Å². The van der Waals surface area contributed by atoms with Crippen LogP contribution in [0.15, 0.2) is 66.9 Å². The number of aromatic amines is 1. The van der Waals surface area contributed by atoms with Gasteiger partial charge in [0, 0.05) is 23.7 Å². The van der Waals surface area contributed by atoms with Crippen molar-refractivity contribution < 1.29 is 27.9 Å². The van der Waals surface area contributed by atoms with E-state index >= 15 is 4.39 Å². The predicted octanol–water partition coefficient (Wildman–Crippen LogP) is 5.59. The number of nitrogens with one attached hydrogen (secondary N) is 1. The number of rotatable bonds is 6. The average Bonchev–Trinajstić information content (AvgIpc) is 3.56. The molecule has 1 aliphatic heterocycles. The molecule has 0 radical (unpaired) electrons. The second kappa shape index (κ2) is 10.9. The van der Waals surface area contributed by atoms with Crippen LogP contribution in [-0.4, -0.2) is 32.4 Å². The van der Waals surface area contributed by atoms with Gasteiger partial charge in [-0.25, -0.2) is 18.4 Å². The number of ketones is 1. The quantitative estimate of drug-likeness (QED) is 0.154. The molecule has 5 aromatic rings. The van der Waals surface area contributed by atoms with Crippen LogP contribution in [0.2, 0.25) is 0 Å². The summed E-state index contributed by atoms with van der Waals surface area (Å²) >= 11 is 0. The summed E-state index contributed by atoms with van der Waals surface area (Å²) in [7, 11) is 0. The number of aryl methyl sites for hydroxylation is 1. The predicted molar refractivity (Wildman–Crippen MR) is 155 cm³/mol. The number of ether oxygens (including phenoxy) is 1. The molecule has 0 saturated carbocycles. The summed E-state index contributed by atoms with van der Waals surface area (Å²) in [5.74, 6) is 2.44. The normalized spacial score (nSPS) is 13.4. The van der Waals surface area contributed by atoms with E-state index in [4.69, 9.17) is 10.5 Å². The summed E-state index contributed by atoms with van der Waals surface area (Å²) < 4.78 is 36.2. The van der Waals surface area contributed by atoms with Gasteiger partial charge >= 0.3 is 5.91 Å². The van der Waals surface area contributed by atoms with Crippen LogP contribution in [0.4, 0.5) is 20.3 Å². The Morgan fingerprint density at radius 3 is 2.65 bits per heavy atom. The summed E-state index contributed by atoms with van der Waals surface area (Å²) in [6.07, 6.45) is 2.25. The fourth-order valence-corrected chi connectivity index (χ4v) is 4.88. The molecule has 3 aromatic carbocycles. The van der Waals surface area contributed by atoms with E-state index in [9.17, 15) is 18.8 Å². The molecule has 0 spiro atoms. The van der Waals surface area contributed by atoms with Gasteiger partial charge in [-0.1, -0.05) is 18.1 Å². The third-order valence-electron chi connectivity index (χ3n) is 7.03. The number of benzene rings is 3. The molecule has 0 atom stereocenters. The second-order valence-electron chi connectivity index (χ2n) is 9.93. The van der Waals surface area contributed by atoms with Crippen LogP contribution >= 0.6 is 0 Å². The first kappa shape index (κ1) is 27.4. The molecule has 3 N–H and O–H groups in total. The maximum absolute atomic E-state index is 15.1. The monoisotopic (exact) mass is 579 g/mol. The molecule has 0 fully saturated rings. The lowest BCUT2D eigenvalue weighted by Gasteiger charge is -2.20. The highest BCUT2D eigenvalue weighted by molar-refractivity contribution is 6.22. The van der Waals surface area contributed by atoms with E-state index in [-0.39, 0.29) is 34.9 Å². The smallest absolute Gasteiger partial charge is 0.309 e. The largest absolute Gasteiger partial charge is 0.454 e. The van der Waals surface area contributed by atoms with Gasteiger partial charge in [-0.05, 0) is 73.4 Å². The Morgan fingerprint density at radius 2 is 1.86 bits per heavy atom. The molecule has 2 amide bonds. The molecule has 2 aromatic heterocycles. The number of para-hydroxylation sites is 1. The number of nitrogen functional groups attached to an aromatic ring is 1. The molecule has 0 bridgehead atoms. The van der Waals surface area contributed by atoms with E-state index in [0.717, 1.165) is 11.0 Å². The van der Waals surface area contributed by atoms with Crippen LogP contribution in [0.3, 0.4) is 0 Å². The first-order valence-corrected chi connectivity index (χ1v) is 13.3. The minimum absolute atomic E-state index is 0.0520. The van der Waals surface area contributed by atoms with E-state index in [2.05, 4.69) is 21.9 Å². The summed E-state index contributed by atoms with van der Waals surface area (Å²) in [4.78, 5) is 42.3. The van der Waals surface area contributed by atoms with Crippen LogP contribution in [0.1, 0.15) is 40.9 Å². The fourth-order valence-electron chi connectivity index (χ4n) is 4.88. The van der Waals surface area contributed by atoms with Crippen molar-refractivity contribution in [2.24, 2.45) is 0 Å². The minimum Gasteiger partial charge on any atom is -0.454 e. The number of carbonyl (C=O) groups excluding carboxylic acids is 3. The first-order valence-electron chi connectivity index (χ1n) is 13.3. The van der Waals surface area contributed by atoms with Crippen LogP contribution in [0.25, 0.3) is 16.6 Å². The number of hydrogen-bond donors (Lipinski definition) is 2. The summed E-state index contributed by atoms with van der Waals surface area (Å²) in [5.41, 5.74) is 7.93. The Labute approximate surface area is 243 Å². The lowest BCUT2D eigenvalue weighted by atomic mass is 10.1. The topological polar surface area (TPSA) is 123 Å². The summed E-state index contributed by atoms with van der Waals surface area (Å²) in [6, 6.07) is 15.0. The zero-order valence-electron chi connectivity index (χ0n) is 22.8. The van der Waals surface area contributed by atoms with Crippen molar-refractivity contribution in [3.8, 4) is 29.0 Å². The number of hydrogen-bond acceptors (Lipinski definition) is 6. The number of nitrogens with two attached hydrogens (primary N) is 1. The standard InChI is InChI=1S/C32H23F2N5O4/c1-18-13-20(43-28-8-6-5-7-22(28)33)11-12-26(18)39-32(35)21(17-36-39)31(42)25-15-19-14-23(34)27(16-24(19)37-25)38-29(40)9-3-2-4-10-30(38)41/h5-8,11-17,37H,2-3,9,35H2,1H3. The molecule has 0 unspecified atom stereocenters. The fraction of sp³-hybridized carbons (Fsp3) is 0.125. The van der Waals surface area contributed by atoms with Gasteiger partial charge in [0.2, 0.25) is 11.7 Å². The number of aromatic nitrogens is 3. The van der Waals surface area contributed by atoms with Crippen LogP contribution in [-0.2, 0) is 9.59 Å². The van der Waals surface area contributed by atoms with Crippen molar-refractivity contribution in [2.75, 3.05) is 10.6 Å². The van der Waals surface area contributed by atoms with E-state index in [0.29, 0.717) is 40.7 Å². The summed E-state index contributed by atoms with van der Waals surface area (Å²) in [6.45, 7) is 1.79.